The third-order valence-electron chi connectivity index (χ3n) is 5.68. The van der Waals surface area contributed by atoms with Crippen LogP contribution < -0.4 is 16.6 Å². The number of hydrazine groups is 1. The molecule has 3 aromatic carbocycles. The maximum Gasteiger partial charge on any atom is 0.281 e. The first-order valence-electron chi connectivity index (χ1n) is 10.8. The van der Waals surface area contributed by atoms with Gasteiger partial charge in [-0.05, 0) is 54.4 Å². The number of hydrogen-bond acceptors (Lipinski definition) is 5. The van der Waals surface area contributed by atoms with Crippen LogP contribution in [-0.2, 0) is 10.8 Å². The van der Waals surface area contributed by atoms with E-state index < -0.39 is 17.2 Å². The van der Waals surface area contributed by atoms with Crippen molar-refractivity contribution in [1.29, 1.82) is 0 Å². The van der Waals surface area contributed by atoms with E-state index in [1.165, 1.54) is 17.4 Å². The number of nitrogens with zero attached hydrogens (tertiary/aromatic N) is 3. The lowest BCUT2D eigenvalue weighted by Crippen LogP contribution is -2.31. The van der Waals surface area contributed by atoms with Gasteiger partial charge in [-0.15, -0.1) is 0 Å². The van der Waals surface area contributed by atoms with Crippen LogP contribution in [0.5, 0.6) is 0 Å². The Morgan fingerprint density at radius 3 is 2.42 bits per heavy atom. The Morgan fingerprint density at radius 1 is 1.11 bits per heavy atom. The summed E-state index contributed by atoms with van der Waals surface area (Å²) in [5, 5.41) is 1.95. The van der Waals surface area contributed by atoms with Crippen molar-refractivity contribution in [1.82, 2.24) is 9.55 Å². The summed E-state index contributed by atoms with van der Waals surface area (Å²) < 4.78 is 40.4. The third kappa shape index (κ3) is 5.18. The standard InChI is InChI=1S/C26H24ClF2N5OS/c1-16-32-22(26(28)29)15-33(16)23-11-8-19(18-4-3-5-21(12-18)36(2)35)13-24(23)34(31)25(14-30)17-6-9-20(27)10-7-17/h3-15,26H,30-31H2,1-2H3/b25-14-. The summed E-state index contributed by atoms with van der Waals surface area (Å²) in [6, 6.07) is 19.8. The molecule has 4 aromatic rings. The first-order valence-corrected chi connectivity index (χ1v) is 12.8. The van der Waals surface area contributed by atoms with E-state index >= 15 is 0 Å². The molecule has 0 radical (unpaired) electrons. The Labute approximate surface area is 215 Å². The van der Waals surface area contributed by atoms with Crippen LogP contribution in [0.25, 0.3) is 22.5 Å². The van der Waals surface area contributed by atoms with Gasteiger partial charge in [-0.3, -0.25) is 9.22 Å². The molecule has 10 heteroatoms. The van der Waals surface area contributed by atoms with E-state index in [0.717, 1.165) is 11.1 Å². The third-order valence-corrected chi connectivity index (χ3v) is 6.85. The fourth-order valence-electron chi connectivity index (χ4n) is 3.86. The molecule has 6 nitrogen and oxygen atoms in total. The molecule has 4 rings (SSSR count). The van der Waals surface area contributed by atoms with Gasteiger partial charge in [-0.1, -0.05) is 41.9 Å². The Bertz CT molecular complexity index is 1450. The zero-order valence-corrected chi connectivity index (χ0v) is 21.1. The molecule has 36 heavy (non-hydrogen) atoms. The molecule has 1 aromatic heterocycles. The van der Waals surface area contributed by atoms with E-state index in [9.17, 15) is 13.0 Å². The number of rotatable bonds is 7. The molecule has 0 fully saturated rings. The van der Waals surface area contributed by atoms with E-state index in [1.807, 2.05) is 30.3 Å². The average molecular weight is 528 g/mol. The zero-order chi connectivity index (χ0) is 26.0. The number of alkyl halides is 2. The van der Waals surface area contributed by atoms with Crippen molar-refractivity contribution in [2.45, 2.75) is 18.2 Å². The van der Waals surface area contributed by atoms with Crippen molar-refractivity contribution in [3.8, 4) is 16.8 Å². The topological polar surface area (TPSA) is 90.2 Å². The van der Waals surface area contributed by atoms with Crippen molar-refractivity contribution in [3.63, 3.8) is 0 Å². The molecule has 186 valence electrons. The van der Waals surface area contributed by atoms with Crippen LogP contribution in [-0.4, -0.2) is 20.0 Å². The van der Waals surface area contributed by atoms with Crippen molar-refractivity contribution < 1.29 is 13.0 Å². The van der Waals surface area contributed by atoms with Crippen molar-refractivity contribution in [2.24, 2.45) is 11.6 Å². The van der Waals surface area contributed by atoms with Gasteiger partial charge in [0.1, 0.15) is 11.5 Å². The van der Waals surface area contributed by atoms with E-state index in [2.05, 4.69) is 4.98 Å². The second-order valence-corrected chi connectivity index (χ2v) is 9.81. The molecular formula is C26H24ClF2N5OS. The van der Waals surface area contributed by atoms with E-state index in [0.29, 0.717) is 38.4 Å². The fraction of sp³-hybridized carbons (Fsp3) is 0.115. The maximum absolute atomic E-state index is 13.4. The molecule has 1 atom stereocenters. The molecule has 0 bridgehead atoms. The lowest BCUT2D eigenvalue weighted by Gasteiger charge is -2.26. The van der Waals surface area contributed by atoms with Crippen molar-refractivity contribution in [3.05, 3.63) is 101 Å². The molecule has 0 spiro atoms. The number of halogens is 3. The molecule has 1 unspecified atom stereocenters. The molecular weight excluding hydrogens is 504 g/mol. The second kappa shape index (κ2) is 10.6. The van der Waals surface area contributed by atoms with Gasteiger partial charge >= 0.3 is 0 Å². The van der Waals surface area contributed by atoms with Gasteiger partial charge in [-0.2, -0.15) is 0 Å². The minimum atomic E-state index is -2.71. The van der Waals surface area contributed by atoms with E-state index in [1.54, 1.807) is 54.1 Å². The van der Waals surface area contributed by atoms with Crippen LogP contribution in [0.4, 0.5) is 14.5 Å². The fourth-order valence-corrected chi connectivity index (χ4v) is 4.55. The summed E-state index contributed by atoms with van der Waals surface area (Å²) in [7, 11) is -1.16. The summed E-state index contributed by atoms with van der Waals surface area (Å²) in [6.07, 6.45) is 1.56. The Hall–Kier alpha value is -3.53. The summed E-state index contributed by atoms with van der Waals surface area (Å²) in [5.41, 5.74) is 9.45. The number of aromatic nitrogens is 2. The number of aryl methyl sites for hydroxylation is 1. The number of hydrogen-bond donors (Lipinski definition) is 2. The minimum Gasteiger partial charge on any atom is -0.403 e. The van der Waals surface area contributed by atoms with Gasteiger partial charge in [-0.25, -0.2) is 19.6 Å². The van der Waals surface area contributed by atoms with Gasteiger partial charge in [0, 0.05) is 44.9 Å². The number of nitrogens with two attached hydrogens (primary N) is 2. The zero-order valence-electron chi connectivity index (χ0n) is 19.5. The van der Waals surface area contributed by atoms with Gasteiger partial charge in [0.25, 0.3) is 6.43 Å². The molecule has 0 amide bonds. The molecule has 1 heterocycles. The first-order chi connectivity index (χ1) is 17.2. The summed E-state index contributed by atoms with van der Waals surface area (Å²) in [5.74, 6) is 7.00. The minimum absolute atomic E-state index is 0.337. The van der Waals surface area contributed by atoms with Crippen LogP contribution in [0, 0.1) is 6.92 Å². The monoisotopic (exact) mass is 527 g/mol. The van der Waals surface area contributed by atoms with Crippen LogP contribution in [0.15, 0.2) is 84.0 Å². The molecule has 0 saturated heterocycles. The molecule has 0 aliphatic rings. The predicted molar refractivity (Wildman–Crippen MR) is 141 cm³/mol. The van der Waals surface area contributed by atoms with Gasteiger partial charge in [0.2, 0.25) is 0 Å². The molecule has 4 N–H and O–H groups in total. The summed E-state index contributed by atoms with van der Waals surface area (Å²) in [6.45, 7) is 1.64. The Balaban J connectivity index is 1.90. The van der Waals surface area contributed by atoms with E-state index in [-0.39, 0.29) is 5.69 Å². The van der Waals surface area contributed by atoms with Crippen molar-refractivity contribution >= 4 is 33.8 Å². The predicted octanol–water partition coefficient (Wildman–Crippen LogP) is 5.81. The highest BCUT2D eigenvalue weighted by Crippen LogP contribution is 2.35. The summed E-state index contributed by atoms with van der Waals surface area (Å²) >= 11 is 6.04. The van der Waals surface area contributed by atoms with Crippen LogP contribution >= 0.6 is 11.6 Å². The Morgan fingerprint density at radius 2 is 1.81 bits per heavy atom. The van der Waals surface area contributed by atoms with Gasteiger partial charge < -0.3 is 10.3 Å². The highest BCUT2D eigenvalue weighted by atomic mass is 35.5. The van der Waals surface area contributed by atoms with Gasteiger partial charge in [0.15, 0.2) is 0 Å². The van der Waals surface area contributed by atoms with Crippen LogP contribution in [0.3, 0.4) is 0 Å². The highest BCUT2D eigenvalue weighted by molar-refractivity contribution is 7.84. The maximum atomic E-state index is 13.4. The molecule has 0 aliphatic carbocycles. The number of anilines is 1. The average Bonchev–Trinajstić information content (AvgIpc) is 3.27. The quantitative estimate of drug-likeness (QED) is 0.234. The van der Waals surface area contributed by atoms with Crippen LogP contribution in [0.2, 0.25) is 5.02 Å². The Kier molecular flexibility index (Phi) is 7.53. The normalized spacial score (nSPS) is 12.7. The van der Waals surface area contributed by atoms with Crippen molar-refractivity contribution in [2.75, 3.05) is 11.3 Å². The second-order valence-electron chi connectivity index (χ2n) is 8.00. The van der Waals surface area contributed by atoms with Crippen LogP contribution in [0.1, 0.15) is 23.5 Å². The number of imidazole rings is 1. The molecule has 0 saturated carbocycles. The highest BCUT2D eigenvalue weighted by Gasteiger charge is 2.20. The number of benzene rings is 3. The largest absolute Gasteiger partial charge is 0.403 e. The first kappa shape index (κ1) is 25.6. The lowest BCUT2D eigenvalue weighted by atomic mass is 10.0. The molecule has 0 aliphatic heterocycles. The SMILES string of the molecule is Cc1nc(C(F)F)cn1-c1ccc(-c2cccc(S(C)=O)c2)cc1N(N)/C(=C\N)c1ccc(Cl)cc1. The lowest BCUT2D eigenvalue weighted by molar-refractivity contribution is 0.146. The smallest absolute Gasteiger partial charge is 0.281 e. The van der Waals surface area contributed by atoms with Gasteiger partial charge in [0.05, 0.1) is 17.1 Å². The summed E-state index contributed by atoms with van der Waals surface area (Å²) in [4.78, 5) is 4.68. The van der Waals surface area contributed by atoms with E-state index in [4.69, 9.17) is 23.2 Å².